The Morgan fingerprint density at radius 2 is 1.08 bits per heavy atom. The Balaban J connectivity index is 1.31. The Labute approximate surface area is 217 Å². The highest BCUT2D eigenvalue weighted by Crippen LogP contribution is 2.56. The Hall–Kier alpha value is -4.04. The zero-order valence-electron chi connectivity index (χ0n) is 21.6. The molecule has 3 atom stereocenters. The second kappa shape index (κ2) is 7.49. The van der Waals surface area contributed by atoms with Gasteiger partial charge in [0, 0.05) is 58.9 Å². The molecule has 2 heteroatoms. The fourth-order valence-corrected chi connectivity index (χ4v) is 7.82. The first-order valence-electron chi connectivity index (χ1n) is 13.5. The summed E-state index contributed by atoms with van der Waals surface area (Å²) in [7, 11) is 4.47. The molecular weight excluding hydrogens is 448 g/mol. The number of benzene rings is 4. The average molecular weight is 479 g/mol. The Morgan fingerprint density at radius 3 is 1.76 bits per heavy atom. The zero-order chi connectivity index (χ0) is 24.8. The van der Waals surface area contributed by atoms with Crippen LogP contribution < -0.4 is 0 Å². The molecule has 180 valence electrons. The summed E-state index contributed by atoms with van der Waals surface area (Å²) in [5.41, 5.74) is 14.3. The summed E-state index contributed by atoms with van der Waals surface area (Å²) in [4.78, 5) is 0. The van der Waals surface area contributed by atoms with Crippen molar-refractivity contribution in [3.63, 3.8) is 0 Å². The maximum absolute atomic E-state index is 2.49. The Morgan fingerprint density at radius 1 is 0.595 bits per heavy atom. The van der Waals surface area contributed by atoms with Gasteiger partial charge in [-0.3, -0.25) is 0 Å². The zero-order valence-corrected chi connectivity index (χ0v) is 21.6. The molecule has 2 aliphatic rings. The van der Waals surface area contributed by atoms with E-state index < -0.39 is 0 Å². The summed E-state index contributed by atoms with van der Waals surface area (Å²) < 4.78 is 4.84. The number of aryl methyl sites for hydroxylation is 2. The van der Waals surface area contributed by atoms with Gasteiger partial charge in [0.1, 0.15) is 0 Å². The summed E-state index contributed by atoms with van der Waals surface area (Å²) in [5.74, 6) is 1.28. The Bertz CT molecular complexity index is 1860. The number of nitrogens with zero attached hydrogens (tertiary/aromatic N) is 2. The molecule has 2 nitrogen and oxygen atoms in total. The van der Waals surface area contributed by atoms with Crippen molar-refractivity contribution in [3.8, 4) is 22.5 Å². The molecule has 37 heavy (non-hydrogen) atoms. The van der Waals surface area contributed by atoms with Crippen LogP contribution in [0.2, 0.25) is 0 Å². The summed E-state index contributed by atoms with van der Waals surface area (Å²) in [6.07, 6.45) is 1.12. The van der Waals surface area contributed by atoms with Crippen molar-refractivity contribution in [1.82, 2.24) is 9.13 Å². The average Bonchev–Trinajstić information content (AvgIpc) is 3.62. The molecule has 0 radical (unpaired) electrons. The predicted molar refractivity (Wildman–Crippen MR) is 154 cm³/mol. The maximum atomic E-state index is 2.49. The van der Waals surface area contributed by atoms with Crippen molar-refractivity contribution >= 4 is 21.8 Å². The van der Waals surface area contributed by atoms with Crippen LogP contribution in [0.15, 0.2) is 97.1 Å². The van der Waals surface area contributed by atoms with Crippen LogP contribution >= 0.6 is 0 Å². The lowest BCUT2D eigenvalue weighted by molar-refractivity contribution is 0.459. The van der Waals surface area contributed by atoms with E-state index >= 15 is 0 Å². The molecule has 3 unspecified atom stereocenters. The highest BCUT2D eigenvalue weighted by atomic mass is 15.0. The van der Waals surface area contributed by atoms with Crippen LogP contribution in [0.1, 0.15) is 47.4 Å². The largest absolute Gasteiger partial charge is 0.343 e. The Kier molecular flexibility index (Phi) is 4.27. The van der Waals surface area contributed by atoms with Gasteiger partial charge < -0.3 is 9.13 Å². The third-order valence-electron chi connectivity index (χ3n) is 9.27. The van der Waals surface area contributed by atoms with Crippen LogP contribution in [0.4, 0.5) is 0 Å². The number of aromatic nitrogens is 2. The molecule has 0 fully saturated rings. The molecule has 0 amide bonds. The summed E-state index contributed by atoms with van der Waals surface area (Å²) in [6.45, 7) is 2.49. The van der Waals surface area contributed by atoms with E-state index in [4.69, 9.17) is 0 Å². The van der Waals surface area contributed by atoms with Crippen molar-refractivity contribution < 1.29 is 0 Å². The minimum Gasteiger partial charge on any atom is -0.343 e. The van der Waals surface area contributed by atoms with Crippen molar-refractivity contribution in [2.75, 3.05) is 0 Å². The number of fused-ring (bicyclic) bond motifs is 10. The summed E-state index contributed by atoms with van der Waals surface area (Å²) in [6, 6.07) is 36.1. The molecule has 2 heterocycles. The van der Waals surface area contributed by atoms with E-state index in [2.05, 4.69) is 127 Å². The van der Waals surface area contributed by atoms with Crippen molar-refractivity contribution in [2.45, 2.75) is 25.2 Å². The standard InChI is InChI=1S/C35H30N2/c1-21(31-23-13-5-7-15-25(23)35-33(31)27-17-9-11-19-30(27)37(35)3)20-28-22-12-4-6-14-24(22)34-32(28)26-16-8-10-18-29(26)36(34)2/h4-19,21,28,31H,20H2,1-3H3. The molecule has 2 aromatic heterocycles. The van der Waals surface area contributed by atoms with E-state index in [1.807, 2.05) is 0 Å². The van der Waals surface area contributed by atoms with Gasteiger partial charge in [0.2, 0.25) is 0 Å². The van der Waals surface area contributed by atoms with Gasteiger partial charge in [-0.05, 0) is 46.7 Å². The van der Waals surface area contributed by atoms with E-state index in [1.54, 1.807) is 0 Å². The van der Waals surface area contributed by atoms with E-state index in [0.29, 0.717) is 17.8 Å². The van der Waals surface area contributed by atoms with E-state index in [-0.39, 0.29) is 0 Å². The molecule has 4 aromatic carbocycles. The molecule has 2 aliphatic carbocycles. The van der Waals surface area contributed by atoms with Crippen LogP contribution in [-0.2, 0) is 14.1 Å². The topological polar surface area (TPSA) is 9.86 Å². The minimum atomic E-state index is 0.392. The number of hydrogen-bond acceptors (Lipinski definition) is 0. The number of hydrogen-bond donors (Lipinski definition) is 0. The molecule has 8 rings (SSSR count). The second-order valence-electron chi connectivity index (χ2n) is 11.1. The van der Waals surface area contributed by atoms with Gasteiger partial charge in [-0.1, -0.05) is 91.9 Å². The van der Waals surface area contributed by atoms with Gasteiger partial charge >= 0.3 is 0 Å². The second-order valence-corrected chi connectivity index (χ2v) is 11.1. The fraction of sp³-hybridized carbons (Fsp3) is 0.200. The molecule has 0 N–H and O–H groups in total. The highest BCUT2D eigenvalue weighted by molar-refractivity contribution is 5.98. The first-order valence-corrected chi connectivity index (χ1v) is 13.5. The third-order valence-corrected chi connectivity index (χ3v) is 9.27. The SMILES string of the molecule is CC(CC1c2ccccc2-c2c1c1ccccc1n2C)C1c2ccccc2-c2c1c1ccccc1n2C. The molecule has 0 saturated carbocycles. The first kappa shape index (κ1) is 21.1. The van der Waals surface area contributed by atoms with E-state index in [1.165, 1.54) is 66.6 Å². The number of para-hydroxylation sites is 2. The van der Waals surface area contributed by atoms with Gasteiger partial charge in [0.05, 0.1) is 11.4 Å². The predicted octanol–water partition coefficient (Wildman–Crippen LogP) is 8.62. The van der Waals surface area contributed by atoms with Gasteiger partial charge in [-0.25, -0.2) is 0 Å². The fourth-order valence-electron chi connectivity index (χ4n) is 7.82. The van der Waals surface area contributed by atoms with E-state index in [0.717, 1.165) is 6.42 Å². The van der Waals surface area contributed by atoms with Crippen LogP contribution in [-0.4, -0.2) is 9.13 Å². The van der Waals surface area contributed by atoms with Gasteiger partial charge in [0.25, 0.3) is 0 Å². The number of rotatable bonds is 3. The van der Waals surface area contributed by atoms with Gasteiger partial charge in [-0.15, -0.1) is 0 Å². The molecule has 6 aromatic rings. The lowest BCUT2D eigenvalue weighted by Gasteiger charge is -2.26. The monoisotopic (exact) mass is 478 g/mol. The quantitative estimate of drug-likeness (QED) is 0.241. The highest BCUT2D eigenvalue weighted by Gasteiger charge is 2.40. The van der Waals surface area contributed by atoms with E-state index in [9.17, 15) is 0 Å². The van der Waals surface area contributed by atoms with Crippen LogP contribution in [0.5, 0.6) is 0 Å². The molecular formula is C35H30N2. The molecule has 0 spiro atoms. The summed E-state index contributed by atoms with van der Waals surface area (Å²) >= 11 is 0. The normalized spacial score (nSPS) is 18.1. The van der Waals surface area contributed by atoms with Crippen molar-refractivity contribution in [1.29, 1.82) is 0 Å². The van der Waals surface area contributed by atoms with Gasteiger partial charge in [-0.2, -0.15) is 0 Å². The molecule has 0 aliphatic heterocycles. The lowest BCUT2D eigenvalue weighted by Crippen LogP contribution is -2.13. The van der Waals surface area contributed by atoms with Crippen molar-refractivity contribution in [2.24, 2.45) is 20.0 Å². The molecule has 0 saturated heterocycles. The lowest BCUT2D eigenvalue weighted by atomic mass is 9.77. The summed E-state index contributed by atoms with van der Waals surface area (Å²) in [5, 5.41) is 2.82. The smallest absolute Gasteiger partial charge is 0.0530 e. The molecule has 0 bridgehead atoms. The van der Waals surface area contributed by atoms with Crippen LogP contribution in [0.25, 0.3) is 44.3 Å². The third kappa shape index (κ3) is 2.65. The van der Waals surface area contributed by atoms with Crippen LogP contribution in [0.3, 0.4) is 0 Å². The first-order chi connectivity index (χ1) is 18.1. The van der Waals surface area contributed by atoms with Gasteiger partial charge in [0.15, 0.2) is 0 Å². The minimum absolute atomic E-state index is 0.392. The van der Waals surface area contributed by atoms with Crippen LogP contribution in [0, 0.1) is 5.92 Å². The maximum Gasteiger partial charge on any atom is 0.0530 e. The van der Waals surface area contributed by atoms with Crippen molar-refractivity contribution in [3.05, 3.63) is 119 Å².